The van der Waals surface area contributed by atoms with E-state index in [1.54, 1.807) is 0 Å². The number of ether oxygens (including phenoxy) is 1. The molecule has 0 saturated heterocycles. The Balaban J connectivity index is 0. The highest BCUT2D eigenvalue weighted by Gasteiger charge is 1.98. The molecule has 21 heavy (non-hydrogen) atoms. The normalized spacial score (nSPS) is 10.4. The predicted molar refractivity (Wildman–Crippen MR) is 83.6 cm³/mol. The van der Waals surface area contributed by atoms with Crippen LogP contribution in [0.15, 0.2) is 0 Å². The maximum Gasteiger partial charge on any atom is 0.303 e. The van der Waals surface area contributed by atoms with Gasteiger partial charge in [-0.1, -0.05) is 25.7 Å². The van der Waals surface area contributed by atoms with E-state index >= 15 is 0 Å². The third kappa shape index (κ3) is 27.9. The quantitative estimate of drug-likeness (QED) is 0.561. The zero-order valence-corrected chi connectivity index (χ0v) is 13.9. The van der Waals surface area contributed by atoms with E-state index in [1.165, 1.54) is 0 Å². The van der Waals surface area contributed by atoms with E-state index in [-0.39, 0.29) is 12.8 Å². The van der Waals surface area contributed by atoms with Gasteiger partial charge in [-0.2, -0.15) is 0 Å². The molecule has 0 unspecified atom stereocenters. The molecule has 0 bridgehead atoms. The Morgan fingerprint density at radius 3 is 1.19 bits per heavy atom. The number of carboxylic acid groups (broad SMARTS) is 2. The van der Waals surface area contributed by atoms with Gasteiger partial charge in [0.25, 0.3) is 0 Å². The van der Waals surface area contributed by atoms with Crippen molar-refractivity contribution >= 4 is 11.9 Å². The average molecular weight is 304 g/mol. The van der Waals surface area contributed by atoms with Crippen LogP contribution in [0.4, 0.5) is 0 Å². The second-order valence-electron chi connectivity index (χ2n) is 5.64. The van der Waals surface area contributed by atoms with Crippen LogP contribution in [-0.4, -0.2) is 34.4 Å². The zero-order chi connectivity index (χ0) is 16.7. The molecule has 0 aromatic carbocycles. The van der Waals surface area contributed by atoms with Crippen LogP contribution < -0.4 is 0 Å². The van der Waals surface area contributed by atoms with Crippen molar-refractivity contribution < 1.29 is 24.5 Å². The van der Waals surface area contributed by atoms with E-state index in [2.05, 4.69) is 0 Å². The SMILES string of the molecule is CC(C)OC(C)C.O=C(O)CCCCCCCCC(=O)O. The second-order valence-corrected chi connectivity index (χ2v) is 5.64. The molecule has 0 radical (unpaired) electrons. The summed E-state index contributed by atoms with van der Waals surface area (Å²) in [5, 5.41) is 16.7. The van der Waals surface area contributed by atoms with Crippen LogP contribution in [0.3, 0.4) is 0 Å². The molecule has 0 saturated carbocycles. The Hall–Kier alpha value is -1.10. The number of carboxylic acids is 2. The minimum absolute atomic E-state index is 0.245. The molecule has 0 aromatic heterocycles. The van der Waals surface area contributed by atoms with Gasteiger partial charge in [0.05, 0.1) is 12.2 Å². The van der Waals surface area contributed by atoms with E-state index in [0.717, 1.165) is 38.5 Å². The molecule has 0 aliphatic rings. The fraction of sp³-hybridized carbons (Fsp3) is 0.875. The van der Waals surface area contributed by atoms with Crippen LogP contribution >= 0.6 is 0 Å². The van der Waals surface area contributed by atoms with Gasteiger partial charge < -0.3 is 14.9 Å². The molecule has 2 N–H and O–H groups in total. The Bertz CT molecular complexity index is 235. The molecule has 0 heterocycles. The molecule has 0 fully saturated rings. The van der Waals surface area contributed by atoms with E-state index in [4.69, 9.17) is 14.9 Å². The maximum atomic E-state index is 10.1. The van der Waals surface area contributed by atoms with Crippen molar-refractivity contribution in [3.8, 4) is 0 Å². The molecule has 0 aromatic rings. The lowest BCUT2D eigenvalue weighted by atomic mass is 10.1. The third-order valence-electron chi connectivity index (χ3n) is 2.58. The van der Waals surface area contributed by atoms with Crippen molar-refractivity contribution in [3.63, 3.8) is 0 Å². The van der Waals surface area contributed by atoms with Gasteiger partial charge in [0.1, 0.15) is 0 Å². The number of carbonyl (C=O) groups is 2. The second kappa shape index (κ2) is 15.3. The Morgan fingerprint density at radius 1 is 0.714 bits per heavy atom. The molecular formula is C16H32O5. The number of rotatable bonds is 11. The molecule has 126 valence electrons. The molecule has 0 aliphatic carbocycles. The summed E-state index contributed by atoms with van der Waals surface area (Å²) in [4.78, 5) is 20.3. The van der Waals surface area contributed by atoms with Gasteiger partial charge in [0.2, 0.25) is 0 Å². The first-order chi connectivity index (χ1) is 9.75. The van der Waals surface area contributed by atoms with Gasteiger partial charge in [-0.05, 0) is 40.5 Å². The summed E-state index contributed by atoms with van der Waals surface area (Å²) in [6, 6.07) is 0. The highest BCUT2D eigenvalue weighted by molar-refractivity contribution is 5.66. The minimum atomic E-state index is -0.740. The molecule has 0 aliphatic heterocycles. The first-order valence-corrected chi connectivity index (χ1v) is 7.84. The summed E-state index contributed by atoms with van der Waals surface area (Å²) in [6.07, 6.45) is 6.57. The van der Waals surface area contributed by atoms with E-state index in [0.29, 0.717) is 12.2 Å². The summed E-state index contributed by atoms with van der Waals surface area (Å²) >= 11 is 0. The summed E-state index contributed by atoms with van der Waals surface area (Å²) < 4.78 is 5.25. The van der Waals surface area contributed by atoms with Crippen LogP contribution in [0.2, 0.25) is 0 Å². The standard InChI is InChI=1S/C10H18O4.C6H14O/c11-9(12)7-5-3-1-2-4-6-8-10(13)14;1-5(2)7-6(3)4/h1-8H2,(H,11,12)(H,13,14);5-6H,1-4H3. The van der Waals surface area contributed by atoms with Gasteiger partial charge in [-0.25, -0.2) is 0 Å². The fourth-order valence-corrected chi connectivity index (χ4v) is 1.80. The topological polar surface area (TPSA) is 83.8 Å². The van der Waals surface area contributed by atoms with Crippen LogP contribution in [0.5, 0.6) is 0 Å². The molecule has 0 spiro atoms. The van der Waals surface area contributed by atoms with Gasteiger partial charge in [0.15, 0.2) is 0 Å². The maximum absolute atomic E-state index is 10.1. The van der Waals surface area contributed by atoms with Crippen molar-refractivity contribution in [2.24, 2.45) is 0 Å². The minimum Gasteiger partial charge on any atom is -0.481 e. The van der Waals surface area contributed by atoms with E-state index in [9.17, 15) is 9.59 Å². The Labute approximate surface area is 128 Å². The number of unbranched alkanes of at least 4 members (excludes halogenated alkanes) is 5. The number of hydrogen-bond donors (Lipinski definition) is 2. The third-order valence-corrected chi connectivity index (χ3v) is 2.58. The van der Waals surface area contributed by atoms with Crippen molar-refractivity contribution in [2.45, 2.75) is 91.3 Å². The molecule has 5 heteroatoms. The summed E-state index contributed by atoms with van der Waals surface area (Å²) in [7, 11) is 0. The molecular weight excluding hydrogens is 272 g/mol. The highest BCUT2D eigenvalue weighted by atomic mass is 16.5. The van der Waals surface area contributed by atoms with E-state index < -0.39 is 11.9 Å². The van der Waals surface area contributed by atoms with Crippen molar-refractivity contribution in [3.05, 3.63) is 0 Å². The van der Waals surface area contributed by atoms with Crippen molar-refractivity contribution in [1.82, 2.24) is 0 Å². The van der Waals surface area contributed by atoms with Gasteiger partial charge in [-0.3, -0.25) is 9.59 Å². The Morgan fingerprint density at radius 2 is 1.00 bits per heavy atom. The van der Waals surface area contributed by atoms with Gasteiger partial charge in [0, 0.05) is 12.8 Å². The average Bonchev–Trinajstić information content (AvgIpc) is 2.30. The zero-order valence-electron chi connectivity index (χ0n) is 13.9. The summed E-state index contributed by atoms with van der Waals surface area (Å²) in [5.41, 5.74) is 0. The summed E-state index contributed by atoms with van der Waals surface area (Å²) in [5.74, 6) is -1.48. The monoisotopic (exact) mass is 304 g/mol. The molecule has 0 amide bonds. The van der Waals surface area contributed by atoms with E-state index in [1.807, 2.05) is 27.7 Å². The van der Waals surface area contributed by atoms with Crippen molar-refractivity contribution in [1.29, 1.82) is 0 Å². The summed E-state index contributed by atoms with van der Waals surface area (Å²) in [6.45, 7) is 8.17. The largest absolute Gasteiger partial charge is 0.481 e. The van der Waals surface area contributed by atoms with Crippen LogP contribution in [0, 0.1) is 0 Å². The van der Waals surface area contributed by atoms with Crippen molar-refractivity contribution in [2.75, 3.05) is 0 Å². The lowest BCUT2D eigenvalue weighted by molar-refractivity contribution is -0.138. The number of hydrogen-bond acceptors (Lipinski definition) is 3. The van der Waals surface area contributed by atoms with Crippen LogP contribution in [0.25, 0.3) is 0 Å². The lowest BCUT2D eigenvalue weighted by Crippen LogP contribution is -2.09. The fourth-order valence-electron chi connectivity index (χ4n) is 1.80. The predicted octanol–water partition coefficient (Wildman–Crippen LogP) is 4.10. The highest BCUT2D eigenvalue weighted by Crippen LogP contribution is 2.08. The van der Waals surface area contributed by atoms with Crippen LogP contribution in [-0.2, 0) is 14.3 Å². The molecule has 0 atom stereocenters. The first kappa shape index (κ1) is 22.2. The molecule has 5 nitrogen and oxygen atoms in total. The van der Waals surface area contributed by atoms with Crippen LogP contribution in [0.1, 0.15) is 79.1 Å². The first-order valence-electron chi connectivity index (χ1n) is 7.84. The van der Waals surface area contributed by atoms with Gasteiger partial charge >= 0.3 is 11.9 Å². The molecule has 0 rings (SSSR count). The Kier molecular flexibility index (Phi) is 16.2. The smallest absolute Gasteiger partial charge is 0.303 e. The lowest BCUT2D eigenvalue weighted by Gasteiger charge is -2.09. The number of aliphatic carboxylic acids is 2. The van der Waals surface area contributed by atoms with Gasteiger partial charge in [-0.15, -0.1) is 0 Å².